The van der Waals surface area contributed by atoms with Crippen LogP contribution in [0.4, 0.5) is 0 Å². The topological polar surface area (TPSA) is 0 Å². The summed E-state index contributed by atoms with van der Waals surface area (Å²) in [6.07, 6.45) is 4.73. The van der Waals surface area contributed by atoms with Crippen LogP contribution in [-0.4, -0.2) is 0 Å². The number of hydrogen-bond donors (Lipinski definition) is 0. The molecule has 1 atom stereocenters. The van der Waals surface area contributed by atoms with E-state index in [0.29, 0.717) is 5.92 Å². The van der Waals surface area contributed by atoms with Gasteiger partial charge in [-0.3, -0.25) is 0 Å². The molecule has 1 aliphatic carbocycles. The van der Waals surface area contributed by atoms with E-state index < -0.39 is 0 Å². The van der Waals surface area contributed by atoms with E-state index in [1.54, 1.807) is 0 Å². The van der Waals surface area contributed by atoms with Crippen LogP contribution in [0.1, 0.15) is 42.7 Å². The van der Waals surface area contributed by atoms with E-state index in [1.165, 1.54) is 28.4 Å². The summed E-state index contributed by atoms with van der Waals surface area (Å²) in [6, 6.07) is 6.73. The Hall–Kier alpha value is -0.560. The lowest BCUT2D eigenvalue weighted by Gasteiger charge is -2.11. The third-order valence-corrected chi connectivity index (χ3v) is 3.64. The molecule has 0 N–H and O–H groups in total. The average Bonchev–Trinajstić information content (AvgIpc) is 3.01. The first-order valence-corrected chi connectivity index (χ1v) is 5.93. The zero-order valence-corrected chi connectivity index (χ0v) is 10.0. The number of benzene rings is 1. The molecule has 74 valence electrons. The highest BCUT2D eigenvalue weighted by Crippen LogP contribution is 2.41. The molecule has 0 saturated heterocycles. The molecule has 0 bridgehead atoms. The van der Waals surface area contributed by atoms with Gasteiger partial charge < -0.3 is 0 Å². The lowest BCUT2D eigenvalue weighted by Crippen LogP contribution is -1.92. The minimum Gasteiger partial charge on any atom is -0.102 e. The van der Waals surface area contributed by atoms with Crippen molar-refractivity contribution in [3.05, 3.63) is 46.5 Å². The minimum atomic E-state index is 0.433. The lowest BCUT2D eigenvalue weighted by molar-refractivity contribution is 0.952. The fourth-order valence-corrected chi connectivity index (χ4v) is 2.32. The van der Waals surface area contributed by atoms with Gasteiger partial charge in [-0.15, -0.1) is 6.58 Å². The Morgan fingerprint density at radius 3 is 2.79 bits per heavy atom. The van der Waals surface area contributed by atoms with Gasteiger partial charge in [0.25, 0.3) is 0 Å². The molecule has 1 saturated carbocycles. The van der Waals surface area contributed by atoms with E-state index in [0.717, 1.165) is 5.92 Å². The van der Waals surface area contributed by atoms with Gasteiger partial charge in [0.1, 0.15) is 0 Å². The first kappa shape index (κ1) is 9.97. The zero-order chi connectivity index (χ0) is 10.1. The Bertz CT molecular complexity index is 350. The summed E-state index contributed by atoms with van der Waals surface area (Å²) in [5, 5.41) is 0. The SMILES string of the molecule is C=CC(C)c1cc(C2CC2)ccc1Br. The molecule has 0 spiro atoms. The first-order valence-electron chi connectivity index (χ1n) is 5.14. The normalized spacial score (nSPS) is 17.9. The largest absolute Gasteiger partial charge is 0.102 e. The second-order valence-corrected chi connectivity index (χ2v) is 4.93. The molecule has 1 unspecified atom stereocenters. The lowest BCUT2D eigenvalue weighted by atomic mass is 9.98. The maximum absolute atomic E-state index is 3.85. The van der Waals surface area contributed by atoms with Gasteiger partial charge in [0.15, 0.2) is 0 Å². The van der Waals surface area contributed by atoms with Crippen molar-refractivity contribution in [2.75, 3.05) is 0 Å². The molecular formula is C13H15Br. The van der Waals surface area contributed by atoms with Crippen molar-refractivity contribution in [1.29, 1.82) is 0 Å². The summed E-state index contributed by atoms with van der Waals surface area (Å²) in [5.74, 6) is 1.27. The van der Waals surface area contributed by atoms with Gasteiger partial charge in [-0.2, -0.15) is 0 Å². The van der Waals surface area contributed by atoms with Gasteiger partial charge in [-0.05, 0) is 41.9 Å². The molecule has 0 nitrogen and oxygen atoms in total. The fraction of sp³-hybridized carbons (Fsp3) is 0.385. The van der Waals surface area contributed by atoms with Gasteiger partial charge in [-0.25, -0.2) is 0 Å². The third-order valence-electron chi connectivity index (χ3n) is 2.91. The Balaban J connectivity index is 2.35. The highest BCUT2D eigenvalue weighted by molar-refractivity contribution is 9.10. The highest BCUT2D eigenvalue weighted by atomic mass is 79.9. The van der Waals surface area contributed by atoms with Crippen LogP contribution in [0.3, 0.4) is 0 Å². The van der Waals surface area contributed by atoms with Crippen LogP contribution in [0, 0.1) is 0 Å². The summed E-state index contributed by atoms with van der Waals surface area (Å²) in [4.78, 5) is 0. The highest BCUT2D eigenvalue weighted by Gasteiger charge is 2.24. The Morgan fingerprint density at radius 1 is 1.50 bits per heavy atom. The number of allylic oxidation sites excluding steroid dienone is 1. The number of rotatable bonds is 3. The van der Waals surface area contributed by atoms with E-state index >= 15 is 0 Å². The molecule has 1 fully saturated rings. The van der Waals surface area contributed by atoms with Crippen molar-refractivity contribution in [2.45, 2.75) is 31.6 Å². The van der Waals surface area contributed by atoms with Crippen LogP contribution in [0.15, 0.2) is 35.3 Å². The first-order chi connectivity index (χ1) is 6.72. The summed E-state index contributed by atoms with van der Waals surface area (Å²) in [6.45, 7) is 6.03. The van der Waals surface area contributed by atoms with Crippen molar-refractivity contribution in [1.82, 2.24) is 0 Å². The van der Waals surface area contributed by atoms with Crippen LogP contribution in [0.5, 0.6) is 0 Å². The van der Waals surface area contributed by atoms with Gasteiger partial charge in [0.05, 0.1) is 0 Å². The van der Waals surface area contributed by atoms with Crippen molar-refractivity contribution in [3.63, 3.8) is 0 Å². The third kappa shape index (κ3) is 1.93. The van der Waals surface area contributed by atoms with E-state index in [1.807, 2.05) is 6.08 Å². The molecule has 0 heterocycles. The smallest absolute Gasteiger partial charge is 0.0213 e. The molecule has 1 aromatic rings. The van der Waals surface area contributed by atoms with Crippen LogP contribution in [0.2, 0.25) is 0 Å². The predicted octanol–water partition coefficient (Wildman–Crippen LogP) is 4.62. The Morgan fingerprint density at radius 2 is 2.21 bits per heavy atom. The predicted molar refractivity (Wildman–Crippen MR) is 64.7 cm³/mol. The zero-order valence-electron chi connectivity index (χ0n) is 8.46. The fourth-order valence-electron chi connectivity index (χ4n) is 1.71. The molecule has 1 heteroatoms. The molecule has 1 aliphatic rings. The average molecular weight is 251 g/mol. The van der Waals surface area contributed by atoms with E-state index in [2.05, 4.69) is 47.6 Å². The van der Waals surface area contributed by atoms with Crippen molar-refractivity contribution in [3.8, 4) is 0 Å². The molecule has 0 aliphatic heterocycles. The van der Waals surface area contributed by atoms with Gasteiger partial charge in [0, 0.05) is 4.47 Å². The molecule has 0 radical (unpaired) electrons. The molecular weight excluding hydrogens is 236 g/mol. The van der Waals surface area contributed by atoms with E-state index in [-0.39, 0.29) is 0 Å². The second-order valence-electron chi connectivity index (χ2n) is 4.08. The van der Waals surface area contributed by atoms with Crippen molar-refractivity contribution >= 4 is 15.9 Å². The summed E-state index contributed by atoms with van der Waals surface area (Å²) >= 11 is 3.59. The molecule has 14 heavy (non-hydrogen) atoms. The Kier molecular flexibility index (Phi) is 2.78. The van der Waals surface area contributed by atoms with Gasteiger partial charge in [-0.1, -0.05) is 41.1 Å². The standard InChI is InChI=1S/C13H15Br/c1-3-9(2)12-8-11(10-4-5-10)6-7-13(12)14/h3,6-10H,1,4-5H2,2H3. The van der Waals surface area contributed by atoms with Crippen LogP contribution in [0.25, 0.3) is 0 Å². The quantitative estimate of drug-likeness (QED) is 0.688. The van der Waals surface area contributed by atoms with E-state index in [4.69, 9.17) is 0 Å². The molecule has 1 aromatic carbocycles. The van der Waals surface area contributed by atoms with Crippen LogP contribution < -0.4 is 0 Å². The molecule has 2 rings (SSSR count). The van der Waals surface area contributed by atoms with Crippen molar-refractivity contribution < 1.29 is 0 Å². The monoisotopic (exact) mass is 250 g/mol. The van der Waals surface area contributed by atoms with Crippen molar-refractivity contribution in [2.24, 2.45) is 0 Å². The minimum absolute atomic E-state index is 0.433. The number of halogens is 1. The molecule has 0 amide bonds. The summed E-state index contributed by atoms with van der Waals surface area (Å²) in [5.41, 5.74) is 2.86. The van der Waals surface area contributed by atoms with Crippen LogP contribution in [-0.2, 0) is 0 Å². The van der Waals surface area contributed by atoms with Gasteiger partial charge >= 0.3 is 0 Å². The second kappa shape index (κ2) is 3.90. The maximum Gasteiger partial charge on any atom is 0.0213 e. The van der Waals surface area contributed by atoms with Gasteiger partial charge in [0.2, 0.25) is 0 Å². The molecule has 0 aromatic heterocycles. The van der Waals surface area contributed by atoms with Crippen LogP contribution >= 0.6 is 15.9 Å². The summed E-state index contributed by atoms with van der Waals surface area (Å²) in [7, 11) is 0. The number of hydrogen-bond acceptors (Lipinski definition) is 0. The Labute approximate surface area is 94.2 Å². The maximum atomic E-state index is 3.85. The van der Waals surface area contributed by atoms with E-state index in [9.17, 15) is 0 Å². The summed E-state index contributed by atoms with van der Waals surface area (Å²) < 4.78 is 1.20.